The van der Waals surface area contributed by atoms with E-state index < -0.39 is 5.60 Å². The van der Waals surface area contributed by atoms with E-state index in [-0.39, 0.29) is 11.7 Å². The van der Waals surface area contributed by atoms with Crippen LogP contribution < -0.4 is 9.64 Å². The van der Waals surface area contributed by atoms with Gasteiger partial charge in [-0.2, -0.15) is 0 Å². The Hall–Kier alpha value is -1.84. The van der Waals surface area contributed by atoms with E-state index in [1.54, 1.807) is 36.9 Å². The summed E-state index contributed by atoms with van der Waals surface area (Å²) in [4.78, 5) is 25.9. The number of amides is 1. The van der Waals surface area contributed by atoms with Gasteiger partial charge in [-0.3, -0.25) is 9.59 Å². The van der Waals surface area contributed by atoms with Crippen molar-refractivity contribution in [2.75, 3.05) is 11.4 Å². The van der Waals surface area contributed by atoms with Gasteiger partial charge in [0, 0.05) is 12.1 Å². The van der Waals surface area contributed by atoms with Crippen LogP contribution in [0.1, 0.15) is 57.3 Å². The van der Waals surface area contributed by atoms with Gasteiger partial charge in [0.2, 0.25) is 0 Å². The summed E-state index contributed by atoms with van der Waals surface area (Å²) in [6.07, 6.45) is 3.12. The van der Waals surface area contributed by atoms with Crippen molar-refractivity contribution in [1.29, 1.82) is 0 Å². The molecule has 4 nitrogen and oxygen atoms in total. The Bertz CT molecular complexity index is 563. The number of hydrogen-bond acceptors (Lipinski definition) is 3. The van der Waals surface area contributed by atoms with E-state index in [1.807, 2.05) is 0 Å². The van der Waals surface area contributed by atoms with Crippen LogP contribution >= 0.6 is 0 Å². The molecule has 1 amide bonds. The minimum atomic E-state index is -0.864. The van der Waals surface area contributed by atoms with Gasteiger partial charge >= 0.3 is 0 Å². The number of unbranched alkanes of at least 4 members (excludes halogenated alkanes) is 2. The molecule has 0 saturated carbocycles. The number of fused-ring (bicyclic) bond motifs is 1. The van der Waals surface area contributed by atoms with Crippen LogP contribution in [0.2, 0.25) is 0 Å². The Kier molecular flexibility index (Phi) is 4.35. The van der Waals surface area contributed by atoms with Crippen molar-refractivity contribution < 1.29 is 14.3 Å². The monoisotopic (exact) mass is 289 g/mol. The number of Topliss-reactive ketones (excluding diaryl/α,β-unsaturated/α-hetero) is 1. The zero-order chi connectivity index (χ0) is 15.6. The third-order valence-corrected chi connectivity index (χ3v) is 3.77. The zero-order valence-corrected chi connectivity index (χ0v) is 13.2. The lowest BCUT2D eigenvalue weighted by Crippen LogP contribution is -2.52. The summed E-state index contributed by atoms with van der Waals surface area (Å²) in [5.41, 5.74) is 0.449. The number of carbonyl (C=O) groups excluding carboxylic acids is 2. The quantitative estimate of drug-likeness (QED) is 0.615. The van der Waals surface area contributed by atoms with E-state index in [0.29, 0.717) is 23.5 Å². The molecule has 0 unspecified atom stereocenters. The molecule has 4 heteroatoms. The number of carbonyl (C=O) groups is 2. The Balaban J connectivity index is 2.40. The Labute approximate surface area is 126 Å². The van der Waals surface area contributed by atoms with Gasteiger partial charge in [-0.05, 0) is 45.4 Å². The van der Waals surface area contributed by atoms with Crippen LogP contribution in [0, 0.1) is 0 Å². The number of benzene rings is 1. The van der Waals surface area contributed by atoms with Crippen LogP contribution in [0.3, 0.4) is 0 Å². The Morgan fingerprint density at radius 1 is 1.29 bits per heavy atom. The Morgan fingerprint density at radius 3 is 2.62 bits per heavy atom. The highest BCUT2D eigenvalue weighted by molar-refractivity contribution is 6.04. The molecule has 0 atom stereocenters. The first-order valence-electron chi connectivity index (χ1n) is 7.53. The SMILES string of the molecule is CCCCCN1C(=O)C(C)(C)Oc2ccc(C(C)=O)cc21. The van der Waals surface area contributed by atoms with Crippen LogP contribution in [-0.2, 0) is 4.79 Å². The molecule has 1 aliphatic rings. The molecule has 0 spiro atoms. The maximum atomic E-state index is 12.6. The molecule has 0 N–H and O–H groups in total. The van der Waals surface area contributed by atoms with Crippen LogP contribution in [0.4, 0.5) is 5.69 Å². The van der Waals surface area contributed by atoms with Crippen molar-refractivity contribution in [3.05, 3.63) is 23.8 Å². The smallest absolute Gasteiger partial charge is 0.270 e. The van der Waals surface area contributed by atoms with Crippen LogP contribution in [0.15, 0.2) is 18.2 Å². The van der Waals surface area contributed by atoms with Gasteiger partial charge in [0.1, 0.15) is 5.75 Å². The average Bonchev–Trinajstić information content (AvgIpc) is 2.42. The van der Waals surface area contributed by atoms with Gasteiger partial charge in [0.25, 0.3) is 5.91 Å². The standard InChI is InChI=1S/C17H23NO3/c1-5-6-7-10-18-14-11-13(12(2)19)8-9-15(14)21-17(3,4)16(18)20/h8-9,11H,5-7,10H2,1-4H3. The molecule has 0 fully saturated rings. The zero-order valence-electron chi connectivity index (χ0n) is 13.2. The van der Waals surface area contributed by atoms with E-state index >= 15 is 0 Å². The van der Waals surface area contributed by atoms with Gasteiger partial charge in [0.15, 0.2) is 11.4 Å². The van der Waals surface area contributed by atoms with Gasteiger partial charge in [-0.1, -0.05) is 19.8 Å². The largest absolute Gasteiger partial charge is 0.476 e. The molecular weight excluding hydrogens is 266 g/mol. The van der Waals surface area contributed by atoms with Crippen molar-refractivity contribution >= 4 is 17.4 Å². The molecular formula is C17H23NO3. The lowest BCUT2D eigenvalue weighted by atomic mass is 10.0. The highest BCUT2D eigenvalue weighted by Gasteiger charge is 2.40. The highest BCUT2D eigenvalue weighted by Crippen LogP contribution is 2.38. The number of anilines is 1. The Morgan fingerprint density at radius 2 is 2.00 bits per heavy atom. The van der Waals surface area contributed by atoms with Gasteiger partial charge < -0.3 is 9.64 Å². The number of nitrogens with zero attached hydrogens (tertiary/aromatic N) is 1. The minimum absolute atomic E-state index is 0.0106. The lowest BCUT2D eigenvalue weighted by molar-refractivity contribution is -0.132. The first-order valence-corrected chi connectivity index (χ1v) is 7.53. The molecule has 0 saturated heterocycles. The molecule has 1 heterocycles. The predicted octanol–water partition coefficient (Wildman–Crippen LogP) is 3.58. The average molecular weight is 289 g/mol. The molecule has 0 radical (unpaired) electrons. The van der Waals surface area contributed by atoms with Crippen molar-refractivity contribution in [3.63, 3.8) is 0 Å². The normalized spacial score (nSPS) is 16.4. The van der Waals surface area contributed by atoms with E-state index in [1.165, 1.54) is 6.92 Å². The minimum Gasteiger partial charge on any atom is -0.476 e. The van der Waals surface area contributed by atoms with Crippen LogP contribution in [0.5, 0.6) is 5.75 Å². The van der Waals surface area contributed by atoms with Crippen molar-refractivity contribution in [2.45, 2.75) is 52.6 Å². The fraction of sp³-hybridized carbons (Fsp3) is 0.529. The molecule has 0 bridgehead atoms. The first-order chi connectivity index (χ1) is 9.86. The highest BCUT2D eigenvalue weighted by atomic mass is 16.5. The van der Waals surface area contributed by atoms with Crippen molar-refractivity contribution in [1.82, 2.24) is 0 Å². The molecule has 1 aromatic rings. The van der Waals surface area contributed by atoms with Crippen LogP contribution in [0.25, 0.3) is 0 Å². The third kappa shape index (κ3) is 3.09. The van der Waals surface area contributed by atoms with Crippen LogP contribution in [-0.4, -0.2) is 23.8 Å². The van der Waals surface area contributed by atoms with Gasteiger partial charge in [-0.25, -0.2) is 0 Å². The number of rotatable bonds is 5. The lowest BCUT2D eigenvalue weighted by Gasteiger charge is -2.39. The fourth-order valence-corrected chi connectivity index (χ4v) is 2.53. The summed E-state index contributed by atoms with van der Waals surface area (Å²) >= 11 is 0. The summed E-state index contributed by atoms with van der Waals surface area (Å²) in [5, 5.41) is 0. The first kappa shape index (κ1) is 15.5. The maximum absolute atomic E-state index is 12.6. The molecule has 21 heavy (non-hydrogen) atoms. The maximum Gasteiger partial charge on any atom is 0.270 e. The van der Waals surface area contributed by atoms with Gasteiger partial charge in [-0.15, -0.1) is 0 Å². The summed E-state index contributed by atoms with van der Waals surface area (Å²) in [5.74, 6) is 0.608. The second-order valence-electron chi connectivity index (χ2n) is 6.01. The molecule has 114 valence electrons. The molecule has 0 aromatic heterocycles. The number of ether oxygens (including phenoxy) is 1. The van der Waals surface area contributed by atoms with E-state index in [4.69, 9.17) is 4.74 Å². The molecule has 2 rings (SSSR count). The molecule has 0 aliphatic carbocycles. The topological polar surface area (TPSA) is 46.6 Å². The fourth-order valence-electron chi connectivity index (χ4n) is 2.53. The second kappa shape index (κ2) is 5.88. The van der Waals surface area contributed by atoms with Crippen molar-refractivity contribution in [2.24, 2.45) is 0 Å². The molecule has 1 aliphatic heterocycles. The third-order valence-electron chi connectivity index (χ3n) is 3.77. The van der Waals surface area contributed by atoms with E-state index in [9.17, 15) is 9.59 Å². The summed E-state index contributed by atoms with van der Waals surface area (Å²) < 4.78 is 5.80. The second-order valence-corrected chi connectivity index (χ2v) is 6.01. The van der Waals surface area contributed by atoms with Gasteiger partial charge in [0.05, 0.1) is 5.69 Å². The van der Waals surface area contributed by atoms with E-state index in [2.05, 4.69) is 6.92 Å². The molecule has 1 aromatic carbocycles. The van der Waals surface area contributed by atoms with Crippen molar-refractivity contribution in [3.8, 4) is 5.75 Å². The number of ketones is 1. The number of hydrogen-bond donors (Lipinski definition) is 0. The van der Waals surface area contributed by atoms with E-state index in [0.717, 1.165) is 19.3 Å². The predicted molar refractivity (Wildman–Crippen MR) is 83.0 cm³/mol. The summed E-state index contributed by atoms with van der Waals surface area (Å²) in [6, 6.07) is 5.29. The summed E-state index contributed by atoms with van der Waals surface area (Å²) in [6.45, 7) is 7.88. The summed E-state index contributed by atoms with van der Waals surface area (Å²) in [7, 11) is 0.